The van der Waals surface area contributed by atoms with Gasteiger partial charge in [-0.25, -0.2) is 0 Å². The normalized spacial score (nSPS) is 16.5. The maximum atomic E-state index is 12.2. The Morgan fingerprint density at radius 3 is 2.77 bits per heavy atom. The summed E-state index contributed by atoms with van der Waals surface area (Å²) in [4.78, 5) is 24.8. The Hall–Kier alpha value is -1.22. The monoisotopic (exact) mass is 417 g/mol. The van der Waals surface area contributed by atoms with E-state index in [0.29, 0.717) is 18.0 Å². The fourth-order valence-corrected chi connectivity index (χ4v) is 3.22. The number of piperidine rings is 1. The number of rotatable bonds is 5. The molecule has 1 N–H and O–H groups in total. The number of likely N-dealkylation sites (tertiary alicyclic amines) is 1. The highest BCUT2D eigenvalue weighted by molar-refractivity contribution is 14.1. The number of benzene rings is 1. The topological polar surface area (TPSA) is 75.5 Å². The molecule has 0 aromatic heterocycles. The van der Waals surface area contributed by atoms with Gasteiger partial charge in [-0.15, -0.1) is 0 Å². The summed E-state index contributed by atoms with van der Waals surface area (Å²) < 4.78 is 0.722. The number of amides is 1. The number of halogens is 1. The van der Waals surface area contributed by atoms with Gasteiger partial charge in [0.1, 0.15) is 0 Å². The second kappa shape index (κ2) is 7.87. The molecule has 1 heterocycles. The molecule has 0 saturated carbocycles. The van der Waals surface area contributed by atoms with Crippen LogP contribution < -0.4 is 5.32 Å². The maximum Gasteiger partial charge on any atom is 0.270 e. The predicted octanol–water partition coefficient (Wildman–Crippen LogP) is 2.66. The lowest BCUT2D eigenvalue weighted by atomic mass is 9.94. The molecule has 7 heteroatoms. The first-order valence-corrected chi connectivity index (χ1v) is 8.46. The molecular formula is C15H20IN3O3. The summed E-state index contributed by atoms with van der Waals surface area (Å²) in [5.41, 5.74) is 0.319. The van der Waals surface area contributed by atoms with Crippen LogP contribution in [0, 0.1) is 19.6 Å². The molecule has 0 aliphatic carbocycles. The van der Waals surface area contributed by atoms with E-state index in [4.69, 9.17) is 0 Å². The number of non-ortho nitro benzene ring substituents is 1. The number of hydrogen-bond donors (Lipinski definition) is 1. The summed E-state index contributed by atoms with van der Waals surface area (Å²) in [6.45, 7) is 2.84. The third-order valence-corrected chi connectivity index (χ3v) is 5.02. The number of nitro groups is 1. The Bertz CT molecular complexity index is 557. The predicted molar refractivity (Wildman–Crippen MR) is 93.0 cm³/mol. The Balaban J connectivity index is 1.87. The molecule has 22 heavy (non-hydrogen) atoms. The molecule has 1 aromatic carbocycles. The molecule has 0 atom stereocenters. The molecule has 1 aliphatic heterocycles. The molecule has 1 aliphatic rings. The molecule has 6 nitrogen and oxygen atoms in total. The summed E-state index contributed by atoms with van der Waals surface area (Å²) in [5.74, 6) is 0.418. The standard InChI is InChI=1S/C15H20IN3O3/c1-18-8-5-11(6-9-18)4-7-17-15(20)13-10-12(19(21)22)2-3-14(13)16/h2-3,10-11H,4-9H2,1H3,(H,17,20). The first kappa shape index (κ1) is 17.1. The molecule has 2 rings (SSSR count). The minimum atomic E-state index is -0.481. The van der Waals surface area contributed by atoms with Crippen molar-refractivity contribution in [2.45, 2.75) is 19.3 Å². The van der Waals surface area contributed by atoms with E-state index in [1.165, 1.54) is 25.0 Å². The van der Waals surface area contributed by atoms with Crippen LogP contribution in [0.5, 0.6) is 0 Å². The summed E-state index contributed by atoms with van der Waals surface area (Å²) in [6, 6.07) is 4.36. The fourth-order valence-electron chi connectivity index (χ4n) is 2.64. The van der Waals surface area contributed by atoms with E-state index in [1.807, 2.05) is 22.6 Å². The van der Waals surface area contributed by atoms with Crippen LogP contribution in [0.1, 0.15) is 29.6 Å². The van der Waals surface area contributed by atoms with Crippen LogP contribution in [0.15, 0.2) is 18.2 Å². The molecule has 0 unspecified atom stereocenters. The zero-order valence-electron chi connectivity index (χ0n) is 12.5. The van der Waals surface area contributed by atoms with Crippen LogP contribution >= 0.6 is 22.6 Å². The molecule has 0 radical (unpaired) electrons. The van der Waals surface area contributed by atoms with Crippen molar-refractivity contribution in [3.05, 3.63) is 37.4 Å². The maximum absolute atomic E-state index is 12.2. The average Bonchev–Trinajstić information content (AvgIpc) is 2.49. The summed E-state index contributed by atoms with van der Waals surface area (Å²) in [6.07, 6.45) is 3.30. The Kier molecular flexibility index (Phi) is 6.13. The van der Waals surface area contributed by atoms with Crippen molar-refractivity contribution in [3.63, 3.8) is 0 Å². The summed E-state index contributed by atoms with van der Waals surface area (Å²) in [7, 11) is 2.13. The van der Waals surface area contributed by atoms with Crippen molar-refractivity contribution >= 4 is 34.2 Å². The van der Waals surface area contributed by atoms with E-state index in [2.05, 4.69) is 17.3 Å². The van der Waals surface area contributed by atoms with Crippen molar-refractivity contribution in [2.75, 3.05) is 26.7 Å². The molecule has 0 bridgehead atoms. The molecule has 120 valence electrons. The molecule has 1 aromatic rings. The van der Waals surface area contributed by atoms with Gasteiger partial charge >= 0.3 is 0 Å². The van der Waals surface area contributed by atoms with Gasteiger partial charge in [0.2, 0.25) is 0 Å². The summed E-state index contributed by atoms with van der Waals surface area (Å²) in [5, 5.41) is 13.7. The minimum Gasteiger partial charge on any atom is -0.352 e. The third-order valence-electron chi connectivity index (χ3n) is 4.08. The lowest BCUT2D eigenvalue weighted by Crippen LogP contribution is -2.32. The minimum absolute atomic E-state index is 0.0547. The van der Waals surface area contributed by atoms with Crippen LogP contribution in [0.2, 0.25) is 0 Å². The van der Waals surface area contributed by atoms with Gasteiger partial charge < -0.3 is 10.2 Å². The largest absolute Gasteiger partial charge is 0.352 e. The fraction of sp³-hybridized carbons (Fsp3) is 0.533. The van der Waals surface area contributed by atoms with Crippen molar-refractivity contribution in [1.82, 2.24) is 10.2 Å². The first-order chi connectivity index (χ1) is 10.5. The van der Waals surface area contributed by atoms with E-state index in [9.17, 15) is 14.9 Å². The van der Waals surface area contributed by atoms with Crippen LogP contribution in [0.25, 0.3) is 0 Å². The van der Waals surface area contributed by atoms with Gasteiger partial charge in [-0.3, -0.25) is 14.9 Å². The Morgan fingerprint density at radius 2 is 2.14 bits per heavy atom. The zero-order valence-corrected chi connectivity index (χ0v) is 14.7. The lowest BCUT2D eigenvalue weighted by Gasteiger charge is -2.28. The third kappa shape index (κ3) is 4.64. The van der Waals surface area contributed by atoms with Gasteiger partial charge in [-0.2, -0.15) is 0 Å². The highest BCUT2D eigenvalue weighted by Crippen LogP contribution is 2.21. The van der Waals surface area contributed by atoms with E-state index >= 15 is 0 Å². The van der Waals surface area contributed by atoms with Crippen molar-refractivity contribution < 1.29 is 9.72 Å². The molecular weight excluding hydrogens is 397 g/mol. The number of carbonyl (C=O) groups excluding carboxylic acids is 1. The molecule has 1 fully saturated rings. The Labute approximate surface area is 143 Å². The smallest absolute Gasteiger partial charge is 0.270 e. The highest BCUT2D eigenvalue weighted by atomic mass is 127. The SMILES string of the molecule is CN1CCC(CCNC(=O)c2cc([N+](=O)[O-])ccc2I)CC1. The van der Waals surface area contributed by atoms with Crippen molar-refractivity contribution in [2.24, 2.45) is 5.92 Å². The van der Waals surface area contributed by atoms with E-state index < -0.39 is 4.92 Å². The summed E-state index contributed by atoms with van der Waals surface area (Å²) >= 11 is 2.02. The lowest BCUT2D eigenvalue weighted by molar-refractivity contribution is -0.384. The van der Waals surface area contributed by atoms with Crippen LogP contribution in [-0.4, -0.2) is 42.4 Å². The van der Waals surface area contributed by atoms with Gasteiger partial charge in [-0.1, -0.05) is 0 Å². The molecule has 1 amide bonds. The van der Waals surface area contributed by atoms with Crippen LogP contribution in [0.3, 0.4) is 0 Å². The zero-order chi connectivity index (χ0) is 16.1. The van der Waals surface area contributed by atoms with E-state index in [-0.39, 0.29) is 11.6 Å². The quantitative estimate of drug-likeness (QED) is 0.454. The van der Waals surface area contributed by atoms with Gasteiger partial charge in [0.15, 0.2) is 0 Å². The van der Waals surface area contributed by atoms with Crippen molar-refractivity contribution in [3.8, 4) is 0 Å². The van der Waals surface area contributed by atoms with Crippen molar-refractivity contribution in [1.29, 1.82) is 0 Å². The van der Waals surface area contributed by atoms with Gasteiger partial charge in [0, 0.05) is 22.2 Å². The number of nitrogens with one attached hydrogen (secondary N) is 1. The Morgan fingerprint density at radius 1 is 1.45 bits per heavy atom. The first-order valence-electron chi connectivity index (χ1n) is 7.38. The molecule has 1 saturated heterocycles. The number of nitro benzene ring substituents is 1. The number of nitrogens with zero attached hydrogens (tertiary/aromatic N) is 2. The van der Waals surface area contributed by atoms with Crippen LogP contribution in [-0.2, 0) is 0 Å². The van der Waals surface area contributed by atoms with Crippen LogP contribution in [0.4, 0.5) is 5.69 Å². The number of hydrogen-bond acceptors (Lipinski definition) is 4. The van der Waals surface area contributed by atoms with Gasteiger partial charge in [-0.05, 0) is 74.0 Å². The second-order valence-corrected chi connectivity index (χ2v) is 6.87. The average molecular weight is 417 g/mol. The van der Waals surface area contributed by atoms with E-state index in [0.717, 1.165) is 23.1 Å². The van der Waals surface area contributed by atoms with Gasteiger partial charge in [0.25, 0.3) is 11.6 Å². The second-order valence-electron chi connectivity index (χ2n) is 5.71. The molecule has 0 spiro atoms. The van der Waals surface area contributed by atoms with E-state index in [1.54, 1.807) is 6.07 Å². The highest BCUT2D eigenvalue weighted by Gasteiger charge is 2.18. The number of carbonyl (C=O) groups is 1. The van der Waals surface area contributed by atoms with Gasteiger partial charge in [0.05, 0.1) is 10.5 Å².